The molecule has 10 nitrogen and oxygen atoms in total. The number of alkyl halides is 3. The fourth-order valence-corrected chi connectivity index (χ4v) is 3.89. The Labute approximate surface area is 237 Å². The van der Waals surface area contributed by atoms with Crippen molar-refractivity contribution in [2.75, 3.05) is 28.3 Å². The van der Waals surface area contributed by atoms with Crippen LogP contribution < -0.4 is 15.1 Å². The van der Waals surface area contributed by atoms with Gasteiger partial charge in [-0.15, -0.1) is 0 Å². The Morgan fingerprint density at radius 2 is 1.95 bits per heavy atom. The van der Waals surface area contributed by atoms with E-state index >= 15 is 0 Å². The Bertz CT molecular complexity index is 1630. The fourth-order valence-electron chi connectivity index (χ4n) is 3.89. The summed E-state index contributed by atoms with van der Waals surface area (Å²) in [5, 5.41) is 2.49. The summed E-state index contributed by atoms with van der Waals surface area (Å²) >= 11 is 0. The maximum atomic E-state index is 14.0. The molecule has 1 aliphatic rings. The van der Waals surface area contributed by atoms with E-state index in [4.69, 9.17) is 4.74 Å². The van der Waals surface area contributed by atoms with Gasteiger partial charge in [-0.2, -0.15) is 13.2 Å². The lowest BCUT2D eigenvalue weighted by molar-refractivity contribution is -0.137. The standard InChI is InChI=1S/C28H22F4N6O4/c1-4-25(39)36-22-9-5-7-19(35-22)8-6-12-37(23-11-10-20(29)17(3)34-23)26(40)21-15-42-27(41)38(21)24-14-18(28(30,31)32)13-16(2)33-24/h4-5,7,9-11,13-14,21H,1,12,15H2,2-3H3,(H,35,36,39)/t21-/m0/s1. The van der Waals surface area contributed by atoms with Crippen LogP contribution in [0.1, 0.15) is 22.6 Å². The van der Waals surface area contributed by atoms with Crippen LogP contribution in [0.4, 0.5) is 39.8 Å². The number of aromatic nitrogens is 3. The molecule has 1 saturated heterocycles. The predicted molar refractivity (Wildman–Crippen MR) is 143 cm³/mol. The van der Waals surface area contributed by atoms with Crippen molar-refractivity contribution in [3.8, 4) is 11.8 Å². The molecule has 0 saturated carbocycles. The number of ether oxygens (including phenoxy) is 1. The zero-order chi connectivity index (χ0) is 30.6. The highest BCUT2D eigenvalue weighted by molar-refractivity contribution is 6.05. The van der Waals surface area contributed by atoms with Crippen molar-refractivity contribution >= 4 is 35.4 Å². The second-order valence-electron chi connectivity index (χ2n) is 8.88. The van der Waals surface area contributed by atoms with E-state index in [9.17, 15) is 31.9 Å². The summed E-state index contributed by atoms with van der Waals surface area (Å²) in [6, 6.07) is 7.00. The third-order valence-electron chi connectivity index (χ3n) is 5.86. The van der Waals surface area contributed by atoms with E-state index in [2.05, 4.69) is 38.7 Å². The first kappa shape index (κ1) is 29.7. The molecule has 0 radical (unpaired) electrons. The lowest BCUT2D eigenvalue weighted by atomic mass is 10.2. The number of nitrogens with zero attached hydrogens (tertiary/aromatic N) is 5. The Morgan fingerprint density at radius 1 is 1.19 bits per heavy atom. The van der Waals surface area contributed by atoms with E-state index in [0.29, 0.717) is 6.07 Å². The first-order chi connectivity index (χ1) is 19.9. The summed E-state index contributed by atoms with van der Waals surface area (Å²) in [6.45, 7) is 5.23. The molecule has 3 aromatic rings. The van der Waals surface area contributed by atoms with E-state index in [1.165, 1.54) is 26.0 Å². The second kappa shape index (κ2) is 12.0. The van der Waals surface area contributed by atoms with Gasteiger partial charge in [-0.05, 0) is 62.2 Å². The number of hydrogen-bond donors (Lipinski definition) is 1. The first-order valence-corrected chi connectivity index (χ1v) is 12.2. The molecule has 0 spiro atoms. The maximum absolute atomic E-state index is 14.0. The summed E-state index contributed by atoms with van der Waals surface area (Å²) in [4.78, 5) is 52.1. The van der Waals surface area contributed by atoms with Gasteiger partial charge in [-0.1, -0.05) is 18.6 Å². The Morgan fingerprint density at radius 3 is 2.64 bits per heavy atom. The van der Waals surface area contributed by atoms with Crippen molar-refractivity contribution in [3.05, 3.63) is 83.6 Å². The molecule has 14 heteroatoms. The van der Waals surface area contributed by atoms with Gasteiger partial charge in [0.2, 0.25) is 5.91 Å². The molecule has 1 atom stereocenters. The summed E-state index contributed by atoms with van der Waals surface area (Å²) in [7, 11) is 0. The van der Waals surface area contributed by atoms with Gasteiger partial charge >= 0.3 is 12.3 Å². The maximum Gasteiger partial charge on any atom is 0.416 e. The molecule has 0 aromatic carbocycles. The van der Waals surface area contributed by atoms with Crippen LogP contribution in [-0.4, -0.2) is 52.1 Å². The largest absolute Gasteiger partial charge is 0.446 e. The van der Waals surface area contributed by atoms with Crippen molar-refractivity contribution in [1.29, 1.82) is 0 Å². The lowest BCUT2D eigenvalue weighted by Gasteiger charge is -2.26. The third-order valence-corrected chi connectivity index (χ3v) is 5.86. The van der Waals surface area contributed by atoms with Crippen LogP contribution in [0.3, 0.4) is 0 Å². The second-order valence-corrected chi connectivity index (χ2v) is 8.88. The van der Waals surface area contributed by atoms with Crippen molar-refractivity contribution in [3.63, 3.8) is 0 Å². The molecule has 4 rings (SSSR count). The fraction of sp³-hybridized carbons (Fsp3) is 0.214. The molecule has 1 aliphatic heterocycles. The molecule has 0 bridgehead atoms. The summed E-state index contributed by atoms with van der Waals surface area (Å²) in [6.07, 6.45) is -4.74. The van der Waals surface area contributed by atoms with Crippen molar-refractivity contribution < 1.29 is 36.7 Å². The number of nitrogens with one attached hydrogen (secondary N) is 1. The number of cyclic esters (lactones) is 1. The molecule has 1 N–H and O–H groups in total. The first-order valence-electron chi connectivity index (χ1n) is 12.2. The van der Waals surface area contributed by atoms with Crippen LogP contribution in [0.15, 0.2) is 55.1 Å². The lowest BCUT2D eigenvalue weighted by Crippen LogP contribution is -2.49. The monoisotopic (exact) mass is 582 g/mol. The van der Waals surface area contributed by atoms with Crippen LogP contribution in [0.5, 0.6) is 0 Å². The number of aryl methyl sites for hydroxylation is 2. The number of amides is 3. The predicted octanol–water partition coefficient (Wildman–Crippen LogP) is 4.18. The number of halogens is 4. The van der Waals surface area contributed by atoms with Crippen LogP contribution in [0, 0.1) is 31.5 Å². The van der Waals surface area contributed by atoms with Crippen LogP contribution >= 0.6 is 0 Å². The number of rotatable bonds is 6. The highest BCUT2D eigenvalue weighted by atomic mass is 19.4. The molecule has 1 fully saturated rings. The molecule has 0 unspecified atom stereocenters. The van der Waals surface area contributed by atoms with Gasteiger partial charge in [-0.3, -0.25) is 14.5 Å². The molecule has 4 heterocycles. The van der Waals surface area contributed by atoms with Crippen LogP contribution in [-0.2, 0) is 20.5 Å². The number of carbonyl (C=O) groups is 3. The number of anilines is 3. The van der Waals surface area contributed by atoms with Gasteiger partial charge in [0.15, 0.2) is 6.04 Å². The number of carbonyl (C=O) groups excluding carboxylic acids is 3. The minimum atomic E-state index is -4.73. The van der Waals surface area contributed by atoms with Gasteiger partial charge in [-0.25, -0.2) is 29.0 Å². The normalized spacial score (nSPS) is 14.5. The summed E-state index contributed by atoms with van der Waals surface area (Å²) in [5.74, 6) is 3.32. The van der Waals surface area contributed by atoms with E-state index in [-0.39, 0.29) is 35.3 Å². The molecule has 0 aliphatic carbocycles. The van der Waals surface area contributed by atoms with Crippen molar-refractivity contribution in [2.45, 2.75) is 26.1 Å². The Hall–Kier alpha value is -5.32. The zero-order valence-electron chi connectivity index (χ0n) is 22.2. The summed E-state index contributed by atoms with van der Waals surface area (Å²) < 4.78 is 59.4. The van der Waals surface area contributed by atoms with E-state index in [1.54, 1.807) is 12.1 Å². The van der Waals surface area contributed by atoms with Crippen LogP contribution in [0.25, 0.3) is 0 Å². The molecular weight excluding hydrogens is 560 g/mol. The smallest absolute Gasteiger partial charge is 0.416 e. The van der Waals surface area contributed by atoms with Crippen molar-refractivity contribution in [1.82, 2.24) is 15.0 Å². The van der Waals surface area contributed by atoms with Gasteiger partial charge in [0.1, 0.15) is 35.6 Å². The number of pyridine rings is 3. The van der Waals surface area contributed by atoms with Crippen LogP contribution in [0.2, 0.25) is 0 Å². The zero-order valence-corrected chi connectivity index (χ0v) is 22.2. The third kappa shape index (κ3) is 6.69. The van der Waals surface area contributed by atoms with E-state index < -0.39 is 53.9 Å². The molecule has 3 amide bonds. The Balaban J connectivity index is 1.69. The topological polar surface area (TPSA) is 118 Å². The highest BCUT2D eigenvalue weighted by Gasteiger charge is 2.43. The molecule has 42 heavy (non-hydrogen) atoms. The quantitative estimate of drug-likeness (QED) is 0.263. The highest BCUT2D eigenvalue weighted by Crippen LogP contribution is 2.33. The van der Waals surface area contributed by atoms with Gasteiger partial charge < -0.3 is 10.1 Å². The average Bonchev–Trinajstić information content (AvgIpc) is 3.33. The number of hydrogen-bond acceptors (Lipinski definition) is 7. The van der Waals surface area contributed by atoms with E-state index in [0.717, 1.165) is 28.0 Å². The average molecular weight is 583 g/mol. The van der Waals surface area contributed by atoms with E-state index in [1.807, 2.05) is 0 Å². The summed E-state index contributed by atoms with van der Waals surface area (Å²) in [5.41, 5.74) is -0.898. The minimum Gasteiger partial charge on any atom is -0.446 e. The SMILES string of the molecule is C=CC(=O)Nc1cccc(C#CCN(C(=O)[C@@H]2COC(=O)N2c2cc(C(F)(F)F)cc(C)n2)c2ccc(F)c(C)n2)n1. The van der Waals surface area contributed by atoms with Gasteiger partial charge in [0.25, 0.3) is 5.91 Å². The van der Waals surface area contributed by atoms with Gasteiger partial charge in [0.05, 0.1) is 17.8 Å². The molecule has 3 aromatic heterocycles. The molecule has 216 valence electrons. The van der Waals surface area contributed by atoms with Gasteiger partial charge in [0, 0.05) is 5.69 Å². The molecular formula is C28H22F4N6O4. The minimum absolute atomic E-state index is 0.0272. The Kier molecular flexibility index (Phi) is 8.51. The van der Waals surface area contributed by atoms with Crippen molar-refractivity contribution in [2.24, 2.45) is 0 Å².